The zero-order chi connectivity index (χ0) is 21.7. The van der Waals surface area contributed by atoms with Gasteiger partial charge in [0.1, 0.15) is 12.4 Å². The van der Waals surface area contributed by atoms with Crippen molar-refractivity contribution in [3.8, 4) is 5.75 Å². The molecule has 0 aliphatic carbocycles. The van der Waals surface area contributed by atoms with Crippen LogP contribution < -0.4 is 9.04 Å². The van der Waals surface area contributed by atoms with Gasteiger partial charge in [-0.3, -0.25) is 14.4 Å². The van der Waals surface area contributed by atoms with Gasteiger partial charge in [0, 0.05) is 18.7 Å². The van der Waals surface area contributed by atoms with Crippen molar-refractivity contribution in [1.29, 1.82) is 0 Å². The van der Waals surface area contributed by atoms with Crippen molar-refractivity contribution in [3.05, 3.63) is 94.0 Å². The third kappa shape index (κ3) is 4.60. The van der Waals surface area contributed by atoms with Crippen LogP contribution in [0.2, 0.25) is 0 Å². The number of nitrogens with zero attached hydrogens (tertiary/aromatic N) is 2. The first kappa shape index (κ1) is 21.3. The number of hydrogen-bond acceptors (Lipinski definition) is 5. The molecule has 0 spiro atoms. The van der Waals surface area contributed by atoms with E-state index in [2.05, 4.69) is 0 Å². The van der Waals surface area contributed by atoms with Crippen LogP contribution in [0, 0.1) is 17.0 Å². The van der Waals surface area contributed by atoms with E-state index in [9.17, 15) is 18.5 Å². The molecule has 0 aliphatic rings. The van der Waals surface area contributed by atoms with Crippen molar-refractivity contribution >= 4 is 21.4 Å². The lowest BCUT2D eigenvalue weighted by Gasteiger charge is -2.24. The largest absolute Gasteiger partial charge is 0.489 e. The smallest absolute Gasteiger partial charge is 0.270 e. The van der Waals surface area contributed by atoms with Crippen molar-refractivity contribution < 1.29 is 18.1 Å². The molecule has 0 radical (unpaired) electrons. The van der Waals surface area contributed by atoms with Crippen LogP contribution in [-0.4, -0.2) is 19.9 Å². The summed E-state index contributed by atoms with van der Waals surface area (Å²) in [7, 11) is -3.97. The van der Waals surface area contributed by atoms with Crippen LogP contribution in [0.25, 0.3) is 0 Å². The molecule has 0 atom stereocenters. The Kier molecular flexibility index (Phi) is 6.37. The molecule has 0 aliphatic heterocycles. The highest BCUT2D eigenvalue weighted by Crippen LogP contribution is 2.29. The Hall–Kier alpha value is -3.39. The van der Waals surface area contributed by atoms with Gasteiger partial charge in [0.15, 0.2) is 0 Å². The lowest BCUT2D eigenvalue weighted by Crippen LogP contribution is -2.31. The minimum atomic E-state index is -3.97. The summed E-state index contributed by atoms with van der Waals surface area (Å²) in [5.41, 5.74) is 1.66. The van der Waals surface area contributed by atoms with Crippen molar-refractivity contribution in [2.75, 3.05) is 10.8 Å². The summed E-state index contributed by atoms with van der Waals surface area (Å²) in [4.78, 5) is 10.4. The summed E-state index contributed by atoms with van der Waals surface area (Å²) in [6.07, 6.45) is 0. The Morgan fingerprint density at radius 2 is 1.67 bits per heavy atom. The number of ether oxygens (including phenoxy) is 1. The monoisotopic (exact) mass is 426 g/mol. The average molecular weight is 426 g/mol. The van der Waals surface area contributed by atoms with E-state index in [0.717, 1.165) is 11.6 Å². The van der Waals surface area contributed by atoms with E-state index in [1.807, 2.05) is 30.3 Å². The molecular weight excluding hydrogens is 404 g/mol. The van der Waals surface area contributed by atoms with Gasteiger partial charge in [0.05, 0.1) is 15.5 Å². The van der Waals surface area contributed by atoms with Gasteiger partial charge in [-0.1, -0.05) is 36.4 Å². The Morgan fingerprint density at radius 3 is 2.27 bits per heavy atom. The van der Waals surface area contributed by atoms with E-state index in [-0.39, 0.29) is 17.1 Å². The molecule has 30 heavy (non-hydrogen) atoms. The average Bonchev–Trinajstić information content (AvgIpc) is 2.74. The van der Waals surface area contributed by atoms with Crippen LogP contribution in [0.15, 0.2) is 77.7 Å². The van der Waals surface area contributed by atoms with Crippen molar-refractivity contribution in [2.45, 2.75) is 25.3 Å². The Labute approximate surface area is 175 Å². The second-order valence-corrected chi connectivity index (χ2v) is 8.48. The summed E-state index contributed by atoms with van der Waals surface area (Å²) in [6.45, 7) is 3.91. The first-order valence-electron chi connectivity index (χ1n) is 9.37. The Balaban J connectivity index is 1.84. The highest BCUT2D eigenvalue weighted by Gasteiger charge is 2.27. The Bertz CT molecular complexity index is 1130. The van der Waals surface area contributed by atoms with E-state index in [1.54, 1.807) is 38.1 Å². The maximum atomic E-state index is 13.2. The molecule has 3 aromatic rings. The van der Waals surface area contributed by atoms with Crippen molar-refractivity contribution in [2.24, 2.45) is 0 Å². The summed E-state index contributed by atoms with van der Waals surface area (Å²) in [5, 5.41) is 11.1. The molecular formula is C22H22N2O5S. The predicted octanol–water partition coefficient (Wildman–Crippen LogP) is 4.70. The molecule has 0 heterocycles. The Morgan fingerprint density at radius 1 is 1.00 bits per heavy atom. The van der Waals surface area contributed by atoms with Gasteiger partial charge >= 0.3 is 0 Å². The molecule has 0 amide bonds. The number of sulfonamides is 1. The topological polar surface area (TPSA) is 89.8 Å². The SMILES string of the molecule is CCN(c1ccc(OCc2ccccc2)cc1)S(=O)(=O)c1cc([N+](=O)[O-])ccc1C. The van der Waals surface area contributed by atoms with Crippen molar-refractivity contribution in [3.63, 3.8) is 0 Å². The quantitative estimate of drug-likeness (QED) is 0.385. The molecule has 0 aromatic heterocycles. The second kappa shape index (κ2) is 8.96. The van der Waals surface area contributed by atoms with Crippen LogP contribution in [0.1, 0.15) is 18.1 Å². The summed E-state index contributed by atoms with van der Waals surface area (Å²) < 4.78 is 33.4. The van der Waals surface area contributed by atoms with Gasteiger partial charge in [0.25, 0.3) is 15.7 Å². The minimum absolute atomic E-state index is 0.0806. The minimum Gasteiger partial charge on any atom is -0.489 e. The standard InChI is InChI=1S/C22H22N2O5S/c1-3-23(30(27,28)22-15-20(24(25)26)10-9-17(22)2)19-11-13-21(14-12-19)29-16-18-7-5-4-6-8-18/h4-15H,3,16H2,1-2H3. The number of rotatable bonds is 8. The number of hydrogen-bond donors (Lipinski definition) is 0. The molecule has 0 fully saturated rings. The lowest BCUT2D eigenvalue weighted by molar-refractivity contribution is -0.385. The van der Waals surface area contributed by atoms with Gasteiger partial charge in [-0.15, -0.1) is 0 Å². The second-order valence-electron chi connectivity index (χ2n) is 6.64. The van der Waals surface area contributed by atoms with E-state index in [4.69, 9.17) is 4.74 Å². The van der Waals surface area contributed by atoms with Gasteiger partial charge in [-0.2, -0.15) is 0 Å². The highest BCUT2D eigenvalue weighted by molar-refractivity contribution is 7.92. The molecule has 0 unspecified atom stereocenters. The van der Waals surface area contributed by atoms with E-state index < -0.39 is 14.9 Å². The van der Waals surface area contributed by atoms with Gasteiger partial charge in [-0.25, -0.2) is 8.42 Å². The lowest BCUT2D eigenvalue weighted by atomic mass is 10.2. The first-order valence-corrected chi connectivity index (χ1v) is 10.8. The molecule has 0 saturated heterocycles. The van der Waals surface area contributed by atoms with Gasteiger partial charge < -0.3 is 4.74 Å². The third-order valence-corrected chi connectivity index (χ3v) is 6.66. The number of aryl methyl sites for hydroxylation is 1. The van der Waals surface area contributed by atoms with Gasteiger partial charge in [-0.05, 0) is 49.2 Å². The number of nitro groups is 1. The molecule has 0 N–H and O–H groups in total. The molecule has 3 rings (SSSR count). The summed E-state index contributed by atoms with van der Waals surface area (Å²) >= 11 is 0. The van der Waals surface area contributed by atoms with Crippen LogP contribution >= 0.6 is 0 Å². The third-order valence-electron chi connectivity index (χ3n) is 4.61. The molecule has 0 bridgehead atoms. The van der Waals surface area contributed by atoms with E-state index in [0.29, 0.717) is 23.6 Å². The molecule has 8 heteroatoms. The summed E-state index contributed by atoms with van der Waals surface area (Å²) in [6, 6.07) is 20.3. The van der Waals surface area contributed by atoms with E-state index >= 15 is 0 Å². The van der Waals surface area contributed by atoms with E-state index in [1.165, 1.54) is 16.4 Å². The predicted molar refractivity (Wildman–Crippen MR) is 115 cm³/mol. The first-order chi connectivity index (χ1) is 14.3. The number of nitro benzene ring substituents is 1. The van der Waals surface area contributed by atoms with Gasteiger partial charge in [0.2, 0.25) is 0 Å². The fourth-order valence-corrected chi connectivity index (χ4v) is 4.76. The van der Waals surface area contributed by atoms with Crippen LogP contribution in [0.5, 0.6) is 5.75 Å². The fraction of sp³-hybridized carbons (Fsp3) is 0.182. The zero-order valence-corrected chi connectivity index (χ0v) is 17.5. The van der Waals surface area contributed by atoms with Crippen LogP contribution in [-0.2, 0) is 16.6 Å². The number of benzene rings is 3. The number of anilines is 1. The highest BCUT2D eigenvalue weighted by atomic mass is 32.2. The molecule has 156 valence electrons. The number of non-ortho nitro benzene ring substituents is 1. The van der Waals surface area contributed by atoms with Crippen LogP contribution in [0.3, 0.4) is 0 Å². The van der Waals surface area contributed by atoms with Crippen LogP contribution in [0.4, 0.5) is 11.4 Å². The molecule has 0 saturated carbocycles. The molecule has 7 nitrogen and oxygen atoms in total. The molecule has 3 aromatic carbocycles. The normalized spacial score (nSPS) is 11.1. The maximum absolute atomic E-state index is 13.2. The fourth-order valence-electron chi connectivity index (χ4n) is 3.04. The van der Waals surface area contributed by atoms with Crippen molar-refractivity contribution in [1.82, 2.24) is 0 Å². The summed E-state index contributed by atoms with van der Waals surface area (Å²) in [5.74, 6) is 0.614. The maximum Gasteiger partial charge on any atom is 0.270 e. The zero-order valence-electron chi connectivity index (χ0n) is 16.7.